The molecule has 0 bridgehead atoms. The molecular weight excluding hydrogens is 399 g/mol. The SMILES string of the molecule is CNC(=O)c1ccnc(N[C@H]2CC[C@@H](Oc3cc(F)cc4nc(C)nc(C)c34)CC2)n1. The summed E-state index contributed by atoms with van der Waals surface area (Å²) in [5.41, 5.74) is 1.66. The molecule has 2 N–H and O–H groups in total. The number of fused-ring (bicyclic) bond motifs is 1. The molecular formula is C22H25FN6O2. The van der Waals surface area contributed by atoms with Gasteiger partial charge in [-0.1, -0.05) is 0 Å². The number of nitrogens with one attached hydrogen (secondary N) is 2. The lowest BCUT2D eigenvalue weighted by Crippen LogP contribution is -2.32. The topological polar surface area (TPSA) is 102 Å². The van der Waals surface area contributed by atoms with Crippen LogP contribution in [0.3, 0.4) is 0 Å². The second-order valence-corrected chi connectivity index (χ2v) is 7.73. The highest BCUT2D eigenvalue weighted by molar-refractivity contribution is 5.92. The molecule has 162 valence electrons. The van der Waals surface area contributed by atoms with E-state index in [2.05, 4.69) is 30.6 Å². The number of halogens is 1. The van der Waals surface area contributed by atoms with Crippen molar-refractivity contribution in [2.75, 3.05) is 12.4 Å². The quantitative estimate of drug-likeness (QED) is 0.648. The largest absolute Gasteiger partial charge is 0.490 e. The summed E-state index contributed by atoms with van der Waals surface area (Å²) in [5.74, 6) is 0.911. The second kappa shape index (κ2) is 8.79. The van der Waals surface area contributed by atoms with Crippen molar-refractivity contribution in [3.63, 3.8) is 0 Å². The summed E-state index contributed by atoms with van der Waals surface area (Å²) in [5, 5.41) is 6.61. The van der Waals surface area contributed by atoms with Crippen molar-refractivity contribution in [3.05, 3.63) is 47.4 Å². The molecule has 1 aliphatic rings. The van der Waals surface area contributed by atoms with E-state index in [0.717, 1.165) is 36.8 Å². The number of aromatic nitrogens is 4. The van der Waals surface area contributed by atoms with Gasteiger partial charge < -0.3 is 15.4 Å². The number of hydrogen-bond acceptors (Lipinski definition) is 7. The Bertz CT molecular complexity index is 1110. The molecule has 2 heterocycles. The minimum Gasteiger partial charge on any atom is -0.490 e. The highest BCUT2D eigenvalue weighted by Crippen LogP contribution is 2.32. The Morgan fingerprint density at radius 2 is 1.90 bits per heavy atom. The molecule has 3 aromatic rings. The Labute approximate surface area is 179 Å². The maximum absolute atomic E-state index is 14.1. The van der Waals surface area contributed by atoms with Crippen LogP contribution in [-0.2, 0) is 0 Å². The van der Waals surface area contributed by atoms with Gasteiger partial charge in [0.25, 0.3) is 5.91 Å². The van der Waals surface area contributed by atoms with Crippen molar-refractivity contribution in [3.8, 4) is 5.75 Å². The molecule has 1 saturated carbocycles. The molecule has 2 aromatic heterocycles. The first kappa shape index (κ1) is 20.9. The van der Waals surface area contributed by atoms with Crippen LogP contribution < -0.4 is 15.4 Å². The zero-order valence-corrected chi connectivity index (χ0v) is 17.8. The van der Waals surface area contributed by atoms with E-state index in [9.17, 15) is 9.18 Å². The monoisotopic (exact) mass is 424 g/mol. The van der Waals surface area contributed by atoms with Gasteiger partial charge in [0.2, 0.25) is 5.95 Å². The van der Waals surface area contributed by atoms with Crippen LogP contribution in [0.4, 0.5) is 10.3 Å². The van der Waals surface area contributed by atoms with E-state index in [1.165, 1.54) is 12.1 Å². The van der Waals surface area contributed by atoms with Crippen LogP contribution >= 0.6 is 0 Å². The average molecular weight is 424 g/mol. The lowest BCUT2D eigenvalue weighted by molar-refractivity contribution is 0.0958. The maximum atomic E-state index is 14.1. The van der Waals surface area contributed by atoms with Crippen molar-refractivity contribution in [2.45, 2.75) is 51.7 Å². The van der Waals surface area contributed by atoms with E-state index in [-0.39, 0.29) is 23.9 Å². The molecule has 1 amide bonds. The van der Waals surface area contributed by atoms with E-state index >= 15 is 0 Å². The Hall–Kier alpha value is -3.36. The van der Waals surface area contributed by atoms with E-state index in [1.54, 1.807) is 26.2 Å². The number of amides is 1. The molecule has 9 heteroatoms. The third-order valence-corrected chi connectivity index (χ3v) is 5.44. The van der Waals surface area contributed by atoms with Gasteiger partial charge in [0.1, 0.15) is 23.1 Å². The highest BCUT2D eigenvalue weighted by atomic mass is 19.1. The summed E-state index contributed by atoms with van der Waals surface area (Å²) < 4.78 is 20.3. The fourth-order valence-electron chi connectivity index (χ4n) is 3.98. The maximum Gasteiger partial charge on any atom is 0.269 e. The van der Waals surface area contributed by atoms with Crippen molar-refractivity contribution >= 4 is 22.8 Å². The number of carbonyl (C=O) groups excluding carboxylic acids is 1. The molecule has 8 nitrogen and oxygen atoms in total. The Morgan fingerprint density at radius 3 is 2.65 bits per heavy atom. The van der Waals surface area contributed by atoms with Crippen molar-refractivity contribution in [1.29, 1.82) is 0 Å². The van der Waals surface area contributed by atoms with Gasteiger partial charge in [-0.2, -0.15) is 0 Å². The Morgan fingerprint density at radius 1 is 1.13 bits per heavy atom. The fourth-order valence-corrected chi connectivity index (χ4v) is 3.98. The molecule has 31 heavy (non-hydrogen) atoms. The van der Waals surface area contributed by atoms with E-state index in [4.69, 9.17) is 4.74 Å². The minimum atomic E-state index is -0.372. The van der Waals surface area contributed by atoms with Crippen molar-refractivity contribution in [1.82, 2.24) is 25.3 Å². The van der Waals surface area contributed by atoms with Crippen LogP contribution in [-0.4, -0.2) is 45.0 Å². The first-order valence-corrected chi connectivity index (χ1v) is 10.4. The van der Waals surface area contributed by atoms with Crippen LogP contribution in [0, 0.1) is 19.7 Å². The van der Waals surface area contributed by atoms with Crippen molar-refractivity contribution < 1.29 is 13.9 Å². The summed E-state index contributed by atoms with van der Waals surface area (Å²) in [6.07, 6.45) is 4.84. The van der Waals surface area contributed by atoms with E-state index in [1.807, 2.05) is 6.92 Å². The van der Waals surface area contributed by atoms with Crippen molar-refractivity contribution in [2.24, 2.45) is 0 Å². The number of hydrogen-bond donors (Lipinski definition) is 2. The standard InChI is InChI=1S/C22H25FN6O2/c1-12-20-18(27-13(2)26-12)10-14(23)11-19(20)31-16-6-4-15(5-7-16)28-22-25-9-8-17(29-22)21(30)24-3/h8-11,15-16H,4-7H2,1-3H3,(H,24,30)(H,25,28,29)/t15-,16+. The molecule has 0 atom stereocenters. The van der Waals surface area contributed by atoms with E-state index < -0.39 is 0 Å². The minimum absolute atomic E-state index is 0.0260. The molecule has 4 rings (SSSR count). The summed E-state index contributed by atoms with van der Waals surface area (Å²) in [6, 6.07) is 4.58. The van der Waals surface area contributed by atoms with Crippen LogP contribution in [0.15, 0.2) is 24.4 Å². The predicted octanol–water partition coefficient (Wildman–Crippen LogP) is 3.34. The van der Waals surface area contributed by atoms with Gasteiger partial charge in [0.05, 0.1) is 22.7 Å². The Balaban J connectivity index is 1.42. The number of anilines is 1. The van der Waals surface area contributed by atoms with Gasteiger partial charge in [-0.05, 0) is 45.6 Å². The molecule has 1 aromatic carbocycles. The molecule has 0 spiro atoms. The number of ether oxygens (including phenoxy) is 1. The smallest absolute Gasteiger partial charge is 0.269 e. The third-order valence-electron chi connectivity index (χ3n) is 5.44. The van der Waals surface area contributed by atoms with Gasteiger partial charge in [0, 0.05) is 31.4 Å². The molecule has 1 fully saturated rings. The number of nitrogens with zero attached hydrogens (tertiary/aromatic N) is 4. The summed E-state index contributed by atoms with van der Waals surface area (Å²) in [6.45, 7) is 3.68. The van der Waals surface area contributed by atoms with Gasteiger partial charge in [-0.25, -0.2) is 24.3 Å². The fraction of sp³-hybridized carbons (Fsp3) is 0.409. The second-order valence-electron chi connectivity index (χ2n) is 7.73. The van der Waals surface area contributed by atoms with Gasteiger partial charge in [0.15, 0.2) is 0 Å². The summed E-state index contributed by atoms with van der Waals surface area (Å²) in [7, 11) is 1.56. The van der Waals surface area contributed by atoms with E-state index in [0.29, 0.717) is 28.7 Å². The molecule has 1 aliphatic carbocycles. The zero-order valence-electron chi connectivity index (χ0n) is 17.8. The Kier molecular flexibility index (Phi) is 5.92. The lowest BCUT2D eigenvalue weighted by atomic mass is 9.93. The highest BCUT2D eigenvalue weighted by Gasteiger charge is 2.24. The van der Waals surface area contributed by atoms with Gasteiger partial charge >= 0.3 is 0 Å². The van der Waals surface area contributed by atoms with Crippen LogP contribution in [0.2, 0.25) is 0 Å². The van der Waals surface area contributed by atoms with Crippen LogP contribution in [0.1, 0.15) is 47.7 Å². The first-order valence-electron chi connectivity index (χ1n) is 10.4. The number of rotatable bonds is 5. The summed E-state index contributed by atoms with van der Waals surface area (Å²) in [4.78, 5) is 29.0. The number of aryl methyl sites for hydroxylation is 2. The zero-order chi connectivity index (χ0) is 22.0. The summed E-state index contributed by atoms with van der Waals surface area (Å²) >= 11 is 0. The predicted molar refractivity (Wildman–Crippen MR) is 115 cm³/mol. The molecule has 0 unspecified atom stereocenters. The van der Waals surface area contributed by atoms with Crippen LogP contribution in [0.5, 0.6) is 5.75 Å². The molecule has 0 aliphatic heterocycles. The van der Waals surface area contributed by atoms with Gasteiger partial charge in [-0.3, -0.25) is 4.79 Å². The third kappa shape index (κ3) is 4.70. The lowest BCUT2D eigenvalue weighted by Gasteiger charge is -2.30. The van der Waals surface area contributed by atoms with Gasteiger partial charge in [-0.15, -0.1) is 0 Å². The number of carbonyl (C=O) groups is 1. The first-order chi connectivity index (χ1) is 14.9. The number of benzene rings is 1. The normalized spacial score (nSPS) is 18.6. The molecule has 0 saturated heterocycles. The molecule has 0 radical (unpaired) electrons. The average Bonchev–Trinajstić information content (AvgIpc) is 2.74. The van der Waals surface area contributed by atoms with Crippen LogP contribution in [0.25, 0.3) is 10.9 Å².